The lowest BCUT2D eigenvalue weighted by Gasteiger charge is -2.23. The molecule has 1 unspecified atom stereocenters. The topological polar surface area (TPSA) is 30.7 Å². The van der Waals surface area contributed by atoms with Crippen molar-refractivity contribution < 1.29 is 0 Å². The first-order valence-electron chi connectivity index (χ1n) is 19.5. The van der Waals surface area contributed by atoms with Gasteiger partial charge in [-0.1, -0.05) is 105 Å². The van der Waals surface area contributed by atoms with E-state index in [1.807, 2.05) is 22.7 Å². The molecule has 1 atom stereocenters. The number of unbranched alkanes of at least 4 members (excludes halogenated alkanes) is 5. The van der Waals surface area contributed by atoms with E-state index in [2.05, 4.69) is 121 Å². The maximum atomic E-state index is 4.86. The van der Waals surface area contributed by atoms with Gasteiger partial charge in [-0.25, -0.2) is 0 Å². The molecule has 7 aromatic rings. The maximum Gasteiger partial charge on any atom is 0.114 e. The van der Waals surface area contributed by atoms with Gasteiger partial charge in [0.25, 0.3) is 0 Å². The molecule has 6 heteroatoms. The minimum atomic E-state index is 0.114. The van der Waals surface area contributed by atoms with Gasteiger partial charge in [-0.2, -0.15) is 8.75 Å². The number of rotatable bonds is 11. The van der Waals surface area contributed by atoms with Gasteiger partial charge in [-0.15, -0.1) is 22.7 Å². The molecule has 8 rings (SSSR count). The summed E-state index contributed by atoms with van der Waals surface area (Å²) in [6, 6.07) is 24.2. The van der Waals surface area contributed by atoms with Crippen molar-refractivity contribution in [2.75, 3.05) is 0 Å². The molecule has 3 nitrogen and oxygen atoms in total. The SMILES string of the molecule is CCCCCCCCC(C)n1c2cc(-c3ccc(-c4ccc(-c5ccc(C(C)(C)C)s5)c5nsnc45)s3)cc3c2c2c(cc(C(C)(C)C)cc21)CC3. The molecule has 0 aliphatic heterocycles. The van der Waals surface area contributed by atoms with Crippen molar-refractivity contribution in [3.8, 4) is 31.3 Å². The molecule has 0 fully saturated rings. The van der Waals surface area contributed by atoms with Crippen LogP contribution in [0.5, 0.6) is 0 Å². The van der Waals surface area contributed by atoms with Crippen molar-refractivity contribution in [1.82, 2.24) is 13.3 Å². The quantitative estimate of drug-likeness (QED) is 0.124. The van der Waals surface area contributed by atoms with Gasteiger partial charge in [-0.05, 0) is 102 Å². The van der Waals surface area contributed by atoms with E-state index >= 15 is 0 Å². The van der Waals surface area contributed by atoms with Crippen molar-refractivity contribution in [2.45, 2.75) is 130 Å². The predicted molar refractivity (Wildman–Crippen MR) is 230 cm³/mol. The van der Waals surface area contributed by atoms with Crippen LogP contribution in [-0.4, -0.2) is 13.3 Å². The van der Waals surface area contributed by atoms with Crippen LogP contribution in [0.1, 0.15) is 128 Å². The fourth-order valence-corrected chi connectivity index (χ4v) is 11.0. The zero-order valence-electron chi connectivity index (χ0n) is 32.3. The molecule has 0 saturated carbocycles. The molecule has 0 spiro atoms. The number of benzene rings is 3. The van der Waals surface area contributed by atoms with Crippen molar-refractivity contribution in [3.63, 3.8) is 0 Å². The van der Waals surface area contributed by atoms with Gasteiger partial charge < -0.3 is 4.57 Å². The minimum Gasteiger partial charge on any atom is -0.338 e. The number of thiophene rings is 2. The van der Waals surface area contributed by atoms with Crippen LogP contribution in [0.2, 0.25) is 0 Å². The third kappa shape index (κ3) is 6.47. The first kappa shape index (κ1) is 35.7. The molecular weight excluding hydrogens is 691 g/mol. The Hall–Kier alpha value is -3.32. The van der Waals surface area contributed by atoms with E-state index in [1.54, 1.807) is 0 Å². The number of hydrogen-bond acceptors (Lipinski definition) is 5. The predicted octanol–water partition coefficient (Wildman–Crippen LogP) is 14.9. The second kappa shape index (κ2) is 13.8. The van der Waals surface area contributed by atoms with E-state index in [1.165, 1.54) is 131 Å². The molecule has 0 N–H and O–H groups in total. The lowest BCUT2D eigenvalue weighted by molar-refractivity contribution is 0.486. The Kier molecular flexibility index (Phi) is 9.49. The lowest BCUT2D eigenvalue weighted by atomic mass is 9.82. The second-order valence-electron chi connectivity index (χ2n) is 17.3. The molecule has 0 radical (unpaired) electrons. The van der Waals surface area contributed by atoms with Gasteiger partial charge in [-0.3, -0.25) is 0 Å². The molecule has 1 aliphatic rings. The monoisotopic (exact) mass is 743 g/mol. The molecule has 4 heterocycles. The van der Waals surface area contributed by atoms with Crippen LogP contribution >= 0.6 is 34.4 Å². The second-order valence-corrected chi connectivity index (χ2v) is 20.0. The number of hydrogen-bond donors (Lipinski definition) is 0. The third-order valence-corrected chi connectivity index (χ3v) is 14.5. The normalized spacial score (nSPS) is 14.1. The molecule has 4 aromatic heterocycles. The number of aryl methyl sites for hydroxylation is 2. The largest absolute Gasteiger partial charge is 0.338 e. The Morgan fingerprint density at radius 3 is 1.90 bits per heavy atom. The molecule has 0 amide bonds. The molecule has 0 bridgehead atoms. The highest BCUT2D eigenvalue weighted by molar-refractivity contribution is 7.19. The fourth-order valence-electron chi connectivity index (χ4n) is 8.31. The molecule has 1 aliphatic carbocycles. The van der Waals surface area contributed by atoms with E-state index < -0.39 is 0 Å². The summed E-state index contributed by atoms with van der Waals surface area (Å²) in [5.74, 6) is 0. The smallest absolute Gasteiger partial charge is 0.114 e. The first-order valence-corrected chi connectivity index (χ1v) is 21.9. The van der Waals surface area contributed by atoms with Gasteiger partial charge >= 0.3 is 0 Å². The Bertz CT molecular complexity index is 2400. The summed E-state index contributed by atoms with van der Waals surface area (Å²) >= 11 is 5.09. The zero-order chi connectivity index (χ0) is 36.4. The molecule has 0 saturated heterocycles. The third-order valence-electron chi connectivity index (χ3n) is 11.3. The standard InChI is InChI=1S/C46H53N3S3/c1-9-10-11-12-13-14-15-28(2)49-35-26-31(24-29-16-17-30-25-32(45(3,4)5)27-36(49)42(30)41(29)35)37-20-21-38(50-37)33-18-19-34(44-43(33)47-52-48-44)39-22-23-40(51-39)46(6,7)8/h18-28H,9-17H2,1-8H3. The maximum absolute atomic E-state index is 4.86. The van der Waals surface area contributed by atoms with E-state index in [9.17, 15) is 0 Å². The van der Waals surface area contributed by atoms with Crippen molar-refractivity contribution >= 4 is 67.2 Å². The first-order chi connectivity index (χ1) is 24.9. The van der Waals surface area contributed by atoms with Gasteiger partial charge in [0.05, 0.1) is 17.2 Å². The average Bonchev–Trinajstić information content (AvgIpc) is 3.93. The molecule has 270 valence electrons. The van der Waals surface area contributed by atoms with Crippen LogP contribution in [0.4, 0.5) is 0 Å². The van der Waals surface area contributed by atoms with Crippen LogP contribution in [-0.2, 0) is 23.7 Å². The highest BCUT2D eigenvalue weighted by atomic mass is 32.1. The minimum absolute atomic E-state index is 0.114. The molecule has 52 heavy (non-hydrogen) atoms. The van der Waals surface area contributed by atoms with Crippen LogP contribution < -0.4 is 0 Å². The summed E-state index contributed by atoms with van der Waals surface area (Å²) in [5.41, 5.74) is 13.4. The molecule has 3 aromatic carbocycles. The lowest BCUT2D eigenvalue weighted by Crippen LogP contribution is -2.13. The van der Waals surface area contributed by atoms with Crippen molar-refractivity contribution in [3.05, 3.63) is 82.2 Å². The fraction of sp³-hybridized carbons (Fsp3) is 0.435. The van der Waals surface area contributed by atoms with Crippen LogP contribution in [0, 0.1) is 0 Å². The van der Waals surface area contributed by atoms with Gasteiger partial charge in [0.1, 0.15) is 11.0 Å². The van der Waals surface area contributed by atoms with Crippen molar-refractivity contribution in [2.24, 2.45) is 0 Å². The number of aromatic nitrogens is 3. The summed E-state index contributed by atoms with van der Waals surface area (Å²) in [6.45, 7) is 18.7. The van der Waals surface area contributed by atoms with E-state index in [0.29, 0.717) is 6.04 Å². The van der Waals surface area contributed by atoms with E-state index in [-0.39, 0.29) is 10.8 Å². The van der Waals surface area contributed by atoms with Crippen LogP contribution in [0.25, 0.3) is 64.2 Å². The summed E-state index contributed by atoms with van der Waals surface area (Å²) in [6.07, 6.45) is 11.5. The summed E-state index contributed by atoms with van der Waals surface area (Å²) < 4.78 is 12.4. The highest BCUT2D eigenvalue weighted by Gasteiger charge is 2.27. The molecular formula is C46H53N3S3. The Balaban J connectivity index is 1.19. The van der Waals surface area contributed by atoms with E-state index in [0.717, 1.165) is 23.9 Å². The van der Waals surface area contributed by atoms with Gasteiger partial charge in [0, 0.05) is 53.0 Å². The number of nitrogens with zero attached hydrogens (tertiary/aromatic N) is 3. The van der Waals surface area contributed by atoms with Crippen LogP contribution in [0.15, 0.2) is 60.7 Å². The Labute approximate surface area is 322 Å². The summed E-state index contributed by atoms with van der Waals surface area (Å²) in [7, 11) is 0. The Morgan fingerprint density at radius 1 is 0.654 bits per heavy atom. The summed E-state index contributed by atoms with van der Waals surface area (Å²) in [4.78, 5) is 5.23. The summed E-state index contributed by atoms with van der Waals surface area (Å²) in [5, 5.41) is 3.01. The van der Waals surface area contributed by atoms with E-state index in [4.69, 9.17) is 8.75 Å². The average molecular weight is 744 g/mol. The highest BCUT2D eigenvalue weighted by Crippen LogP contribution is 2.47. The van der Waals surface area contributed by atoms with Gasteiger partial charge in [0.15, 0.2) is 0 Å². The van der Waals surface area contributed by atoms with Gasteiger partial charge in [0.2, 0.25) is 0 Å². The zero-order valence-corrected chi connectivity index (χ0v) is 34.7. The number of fused-ring (bicyclic) bond motifs is 1. The Morgan fingerprint density at radius 2 is 1.25 bits per heavy atom. The van der Waals surface area contributed by atoms with Crippen molar-refractivity contribution in [1.29, 1.82) is 0 Å². The van der Waals surface area contributed by atoms with Crippen LogP contribution in [0.3, 0.4) is 0 Å².